The Morgan fingerprint density at radius 3 is 2.39 bits per heavy atom. The van der Waals surface area contributed by atoms with E-state index >= 15 is 0 Å². The topological polar surface area (TPSA) is 30.3 Å². The molecule has 0 saturated carbocycles. The standard InChI is InChI=1S/C24H37N3O/c1-18(2)22-17-24(19(3)4)27(25-22)23-11-10-21(16-20(23)5)28-15-9-14-26-12-7-6-8-13-26/h10-11,16-19H,6-9,12-15H2,1-5H3. The van der Waals surface area contributed by atoms with Gasteiger partial charge in [-0.05, 0) is 80.9 Å². The normalized spacial score (nSPS) is 15.5. The molecular formula is C24H37N3O. The molecule has 2 heterocycles. The van der Waals surface area contributed by atoms with Crippen LogP contribution in [0.4, 0.5) is 0 Å². The zero-order chi connectivity index (χ0) is 20.1. The van der Waals surface area contributed by atoms with Crippen molar-refractivity contribution in [3.63, 3.8) is 0 Å². The third-order valence-corrected chi connectivity index (χ3v) is 5.67. The van der Waals surface area contributed by atoms with E-state index in [1.807, 2.05) is 0 Å². The number of ether oxygens (including phenoxy) is 1. The summed E-state index contributed by atoms with van der Waals surface area (Å²) in [4.78, 5) is 2.57. The van der Waals surface area contributed by atoms with E-state index in [0.717, 1.165) is 36.7 Å². The van der Waals surface area contributed by atoms with E-state index in [4.69, 9.17) is 9.84 Å². The molecule has 0 amide bonds. The number of aromatic nitrogens is 2. The molecule has 0 aliphatic carbocycles. The number of benzene rings is 1. The predicted octanol–water partition coefficient (Wildman–Crippen LogP) is 5.68. The SMILES string of the molecule is Cc1cc(OCCCN2CCCCC2)ccc1-n1nc(C(C)C)cc1C(C)C. The van der Waals surface area contributed by atoms with Crippen LogP contribution in [0.5, 0.6) is 5.75 Å². The Morgan fingerprint density at radius 1 is 1.00 bits per heavy atom. The predicted molar refractivity (Wildman–Crippen MR) is 117 cm³/mol. The molecule has 0 unspecified atom stereocenters. The Kier molecular flexibility index (Phi) is 7.17. The third-order valence-electron chi connectivity index (χ3n) is 5.67. The Hall–Kier alpha value is -1.81. The van der Waals surface area contributed by atoms with Crippen LogP contribution in [0.15, 0.2) is 24.3 Å². The van der Waals surface area contributed by atoms with Crippen molar-refractivity contribution < 1.29 is 4.74 Å². The molecule has 0 atom stereocenters. The van der Waals surface area contributed by atoms with Crippen molar-refractivity contribution in [3.8, 4) is 11.4 Å². The number of likely N-dealkylation sites (tertiary alicyclic amines) is 1. The maximum atomic E-state index is 6.03. The molecule has 28 heavy (non-hydrogen) atoms. The van der Waals surface area contributed by atoms with Crippen LogP contribution in [0.3, 0.4) is 0 Å². The van der Waals surface area contributed by atoms with E-state index in [1.165, 1.54) is 43.6 Å². The van der Waals surface area contributed by atoms with Gasteiger partial charge < -0.3 is 9.64 Å². The van der Waals surface area contributed by atoms with E-state index in [2.05, 4.69) is 68.5 Å². The fraction of sp³-hybridized carbons (Fsp3) is 0.625. The van der Waals surface area contributed by atoms with E-state index in [-0.39, 0.29) is 0 Å². The van der Waals surface area contributed by atoms with Crippen molar-refractivity contribution in [3.05, 3.63) is 41.2 Å². The molecule has 4 nitrogen and oxygen atoms in total. The van der Waals surface area contributed by atoms with Crippen LogP contribution < -0.4 is 4.74 Å². The number of aryl methyl sites for hydroxylation is 1. The molecule has 1 aliphatic heterocycles. The van der Waals surface area contributed by atoms with Gasteiger partial charge in [0.2, 0.25) is 0 Å². The van der Waals surface area contributed by atoms with Gasteiger partial charge in [-0.2, -0.15) is 5.10 Å². The molecule has 4 heteroatoms. The van der Waals surface area contributed by atoms with Crippen molar-refractivity contribution in [1.29, 1.82) is 0 Å². The van der Waals surface area contributed by atoms with Gasteiger partial charge in [0.25, 0.3) is 0 Å². The van der Waals surface area contributed by atoms with E-state index in [0.29, 0.717) is 11.8 Å². The first-order valence-electron chi connectivity index (χ1n) is 11.0. The van der Waals surface area contributed by atoms with Crippen molar-refractivity contribution in [2.75, 3.05) is 26.2 Å². The Morgan fingerprint density at radius 2 is 1.75 bits per heavy atom. The molecular weight excluding hydrogens is 346 g/mol. The molecule has 0 N–H and O–H groups in total. The zero-order valence-electron chi connectivity index (χ0n) is 18.4. The Labute approximate surface area is 170 Å². The van der Waals surface area contributed by atoms with Gasteiger partial charge in [0, 0.05) is 12.2 Å². The molecule has 1 saturated heterocycles. The molecule has 0 bridgehead atoms. The second-order valence-corrected chi connectivity index (χ2v) is 8.77. The summed E-state index contributed by atoms with van der Waals surface area (Å²) in [5, 5.41) is 4.89. The second kappa shape index (κ2) is 9.60. The van der Waals surface area contributed by atoms with Crippen LogP contribution >= 0.6 is 0 Å². The molecule has 1 aliphatic rings. The lowest BCUT2D eigenvalue weighted by molar-refractivity contribution is 0.205. The maximum Gasteiger partial charge on any atom is 0.119 e. The second-order valence-electron chi connectivity index (χ2n) is 8.77. The van der Waals surface area contributed by atoms with Crippen LogP contribution in [0.1, 0.15) is 82.2 Å². The molecule has 0 spiro atoms. The highest BCUT2D eigenvalue weighted by Gasteiger charge is 2.16. The summed E-state index contributed by atoms with van der Waals surface area (Å²) in [6.45, 7) is 15.5. The van der Waals surface area contributed by atoms with Crippen LogP contribution in [-0.2, 0) is 0 Å². The van der Waals surface area contributed by atoms with Crippen LogP contribution in [0.2, 0.25) is 0 Å². The summed E-state index contributed by atoms with van der Waals surface area (Å²) in [5.74, 6) is 1.83. The highest BCUT2D eigenvalue weighted by molar-refractivity contribution is 5.46. The molecule has 1 fully saturated rings. The van der Waals surface area contributed by atoms with Crippen LogP contribution in [0.25, 0.3) is 5.69 Å². The number of rotatable bonds is 8. The molecule has 154 valence electrons. The van der Waals surface area contributed by atoms with E-state index in [9.17, 15) is 0 Å². The molecule has 0 radical (unpaired) electrons. The average molecular weight is 384 g/mol. The van der Waals surface area contributed by atoms with Crippen molar-refractivity contribution in [1.82, 2.24) is 14.7 Å². The fourth-order valence-corrected chi connectivity index (χ4v) is 3.92. The van der Waals surface area contributed by atoms with Gasteiger partial charge in [-0.25, -0.2) is 4.68 Å². The number of hydrogen-bond donors (Lipinski definition) is 0. The molecule has 1 aromatic heterocycles. The number of piperidine rings is 1. The number of hydrogen-bond acceptors (Lipinski definition) is 3. The highest BCUT2D eigenvalue weighted by Crippen LogP contribution is 2.27. The van der Waals surface area contributed by atoms with Crippen LogP contribution in [-0.4, -0.2) is 40.9 Å². The third kappa shape index (κ3) is 5.16. The summed E-state index contributed by atoms with van der Waals surface area (Å²) >= 11 is 0. The molecule has 3 rings (SSSR count). The monoisotopic (exact) mass is 383 g/mol. The van der Waals surface area contributed by atoms with E-state index < -0.39 is 0 Å². The number of nitrogens with zero attached hydrogens (tertiary/aromatic N) is 3. The highest BCUT2D eigenvalue weighted by atomic mass is 16.5. The summed E-state index contributed by atoms with van der Waals surface area (Å²) in [6.07, 6.45) is 5.19. The van der Waals surface area contributed by atoms with Gasteiger partial charge in [-0.1, -0.05) is 34.1 Å². The maximum absolute atomic E-state index is 6.03. The first-order chi connectivity index (χ1) is 13.5. The summed E-state index contributed by atoms with van der Waals surface area (Å²) in [7, 11) is 0. The minimum Gasteiger partial charge on any atom is -0.494 e. The van der Waals surface area contributed by atoms with Gasteiger partial charge in [-0.15, -0.1) is 0 Å². The lowest BCUT2D eigenvalue weighted by Gasteiger charge is -2.26. The van der Waals surface area contributed by atoms with Gasteiger partial charge >= 0.3 is 0 Å². The van der Waals surface area contributed by atoms with Gasteiger partial charge in [-0.3, -0.25) is 0 Å². The minimum atomic E-state index is 0.432. The fourth-order valence-electron chi connectivity index (χ4n) is 3.92. The van der Waals surface area contributed by atoms with Crippen molar-refractivity contribution in [2.24, 2.45) is 0 Å². The average Bonchev–Trinajstić information content (AvgIpc) is 3.12. The van der Waals surface area contributed by atoms with Gasteiger partial charge in [0.15, 0.2) is 0 Å². The smallest absolute Gasteiger partial charge is 0.119 e. The summed E-state index contributed by atoms with van der Waals surface area (Å²) in [5.41, 5.74) is 4.77. The lowest BCUT2D eigenvalue weighted by Crippen LogP contribution is -2.31. The first kappa shape index (κ1) is 20.9. The Balaban J connectivity index is 1.64. The molecule has 2 aromatic rings. The van der Waals surface area contributed by atoms with Crippen molar-refractivity contribution in [2.45, 2.75) is 72.1 Å². The quantitative estimate of drug-likeness (QED) is 0.549. The van der Waals surface area contributed by atoms with Crippen LogP contribution in [0, 0.1) is 6.92 Å². The largest absolute Gasteiger partial charge is 0.494 e. The lowest BCUT2D eigenvalue weighted by atomic mass is 10.1. The van der Waals surface area contributed by atoms with Gasteiger partial charge in [0.1, 0.15) is 5.75 Å². The zero-order valence-corrected chi connectivity index (χ0v) is 18.4. The first-order valence-corrected chi connectivity index (χ1v) is 11.0. The van der Waals surface area contributed by atoms with Crippen molar-refractivity contribution >= 4 is 0 Å². The Bertz CT molecular complexity index is 757. The molecule has 1 aromatic carbocycles. The summed E-state index contributed by atoms with van der Waals surface area (Å²) in [6, 6.07) is 8.64. The summed E-state index contributed by atoms with van der Waals surface area (Å²) < 4.78 is 8.15. The van der Waals surface area contributed by atoms with E-state index in [1.54, 1.807) is 0 Å². The minimum absolute atomic E-state index is 0.432. The van der Waals surface area contributed by atoms with Gasteiger partial charge in [0.05, 0.1) is 18.0 Å².